The van der Waals surface area contributed by atoms with E-state index in [1.807, 2.05) is 13.8 Å². The summed E-state index contributed by atoms with van der Waals surface area (Å²) >= 11 is 1.12. The molecular formula is C10H15N7O2S. The fourth-order valence-corrected chi connectivity index (χ4v) is 2.24. The molecule has 0 saturated carbocycles. The topological polar surface area (TPSA) is 125 Å². The molecule has 0 aliphatic rings. The van der Waals surface area contributed by atoms with E-state index < -0.39 is 0 Å². The molecule has 20 heavy (non-hydrogen) atoms. The Morgan fingerprint density at radius 2 is 2.15 bits per heavy atom. The number of aromatic amines is 1. The molecular weight excluding hydrogens is 282 g/mol. The van der Waals surface area contributed by atoms with Crippen molar-refractivity contribution in [3.63, 3.8) is 0 Å². The smallest absolute Gasteiger partial charge is 0.343 e. The zero-order valence-electron chi connectivity index (χ0n) is 11.2. The number of hydrogen-bond donors (Lipinski definition) is 2. The van der Waals surface area contributed by atoms with Crippen molar-refractivity contribution in [3.05, 3.63) is 10.5 Å². The molecule has 0 aliphatic heterocycles. The Hall–Kier alpha value is -2.10. The van der Waals surface area contributed by atoms with Gasteiger partial charge in [-0.1, -0.05) is 6.92 Å². The first-order chi connectivity index (χ1) is 9.63. The molecule has 0 aromatic carbocycles. The minimum Gasteiger partial charge on any atom is -0.463 e. The Labute approximate surface area is 119 Å². The normalized spacial score (nSPS) is 10.7. The highest BCUT2D eigenvalue weighted by atomic mass is 32.2. The number of anilines is 1. The second-order valence-corrected chi connectivity index (χ2v) is 4.70. The highest BCUT2D eigenvalue weighted by molar-refractivity contribution is 7.99. The van der Waals surface area contributed by atoms with E-state index in [0.717, 1.165) is 18.2 Å². The molecule has 0 unspecified atom stereocenters. The summed E-state index contributed by atoms with van der Waals surface area (Å²) in [5, 5.41) is 7.08. The highest BCUT2D eigenvalue weighted by Crippen LogP contribution is 2.23. The summed E-state index contributed by atoms with van der Waals surface area (Å²) in [5.41, 5.74) is 5.33. The standard InChI is InChI=1S/C10H15N7O2S/c1-3-5-19-7-12-6(11)13-8(14-7)20-10-16-15-9(18)17(10)4-2/h3-5H2,1-2H3,(H,15,18)(H2,11,12,13,14). The van der Waals surface area contributed by atoms with Crippen molar-refractivity contribution in [1.29, 1.82) is 0 Å². The summed E-state index contributed by atoms with van der Waals surface area (Å²) < 4.78 is 6.79. The molecule has 10 heteroatoms. The SMILES string of the molecule is CCCOc1nc(N)nc(Sc2n[nH]c(=O)n2CC)n1. The Morgan fingerprint density at radius 3 is 2.85 bits per heavy atom. The number of aromatic nitrogens is 6. The number of nitrogens with two attached hydrogens (primary N) is 1. The molecule has 3 N–H and O–H groups in total. The molecule has 0 bridgehead atoms. The maximum absolute atomic E-state index is 11.5. The van der Waals surface area contributed by atoms with Gasteiger partial charge in [0.05, 0.1) is 6.61 Å². The van der Waals surface area contributed by atoms with Crippen LogP contribution in [-0.2, 0) is 6.54 Å². The Bertz CT molecular complexity index is 639. The van der Waals surface area contributed by atoms with Crippen LogP contribution >= 0.6 is 11.8 Å². The largest absolute Gasteiger partial charge is 0.463 e. The summed E-state index contributed by atoms with van der Waals surface area (Å²) in [6.07, 6.45) is 0.836. The molecule has 0 fully saturated rings. The minimum absolute atomic E-state index is 0.0644. The van der Waals surface area contributed by atoms with Crippen LogP contribution in [0, 0.1) is 0 Å². The zero-order valence-corrected chi connectivity index (χ0v) is 12.0. The predicted octanol–water partition coefficient (Wildman–Crippen LogP) is 0.298. The van der Waals surface area contributed by atoms with Crippen molar-refractivity contribution in [2.75, 3.05) is 12.3 Å². The van der Waals surface area contributed by atoms with E-state index in [4.69, 9.17) is 10.5 Å². The third kappa shape index (κ3) is 3.26. The number of ether oxygens (including phenoxy) is 1. The van der Waals surface area contributed by atoms with Crippen LogP contribution in [0.15, 0.2) is 15.1 Å². The Balaban J connectivity index is 2.24. The van der Waals surface area contributed by atoms with Crippen LogP contribution in [0.5, 0.6) is 6.01 Å². The molecule has 2 heterocycles. The van der Waals surface area contributed by atoms with Crippen molar-refractivity contribution >= 4 is 17.7 Å². The first-order valence-corrected chi connectivity index (χ1v) is 6.93. The minimum atomic E-state index is -0.278. The van der Waals surface area contributed by atoms with Gasteiger partial charge < -0.3 is 10.5 Å². The average molecular weight is 297 g/mol. The van der Waals surface area contributed by atoms with Crippen molar-refractivity contribution < 1.29 is 4.74 Å². The van der Waals surface area contributed by atoms with Crippen LogP contribution < -0.4 is 16.2 Å². The quantitative estimate of drug-likeness (QED) is 0.780. The number of rotatable bonds is 6. The van der Waals surface area contributed by atoms with Crippen molar-refractivity contribution in [3.8, 4) is 6.01 Å². The Morgan fingerprint density at radius 1 is 1.35 bits per heavy atom. The molecule has 2 aromatic heterocycles. The van der Waals surface area contributed by atoms with E-state index >= 15 is 0 Å². The lowest BCUT2D eigenvalue weighted by atomic mass is 10.5. The van der Waals surface area contributed by atoms with E-state index in [1.54, 1.807) is 0 Å². The lowest BCUT2D eigenvalue weighted by molar-refractivity contribution is 0.288. The van der Waals surface area contributed by atoms with Gasteiger partial charge in [0.15, 0.2) is 5.16 Å². The molecule has 0 spiro atoms. The van der Waals surface area contributed by atoms with E-state index in [0.29, 0.717) is 23.5 Å². The summed E-state index contributed by atoms with van der Waals surface area (Å²) in [5.74, 6) is 0.0644. The zero-order chi connectivity index (χ0) is 14.5. The third-order valence-corrected chi connectivity index (χ3v) is 3.13. The first-order valence-electron chi connectivity index (χ1n) is 6.11. The highest BCUT2D eigenvalue weighted by Gasteiger charge is 2.13. The molecule has 2 aromatic rings. The van der Waals surface area contributed by atoms with Gasteiger partial charge in [0, 0.05) is 6.54 Å². The van der Waals surface area contributed by atoms with Crippen molar-refractivity contribution in [2.24, 2.45) is 0 Å². The van der Waals surface area contributed by atoms with E-state index in [2.05, 4.69) is 25.1 Å². The molecule has 0 saturated heterocycles. The molecule has 0 amide bonds. The van der Waals surface area contributed by atoms with Gasteiger partial charge >= 0.3 is 11.7 Å². The summed E-state index contributed by atoms with van der Waals surface area (Å²) in [7, 11) is 0. The molecule has 108 valence electrons. The van der Waals surface area contributed by atoms with Gasteiger partial charge in [-0.2, -0.15) is 15.0 Å². The number of nitrogens with zero attached hydrogens (tertiary/aromatic N) is 5. The molecule has 9 nitrogen and oxygen atoms in total. The molecule has 0 radical (unpaired) electrons. The van der Waals surface area contributed by atoms with E-state index in [1.165, 1.54) is 4.57 Å². The lowest BCUT2D eigenvalue weighted by Crippen LogP contribution is -2.16. The Kier molecular flexibility index (Phi) is 4.56. The maximum Gasteiger partial charge on any atom is 0.343 e. The number of nitrogens with one attached hydrogen (secondary N) is 1. The first kappa shape index (κ1) is 14.3. The number of nitrogen functional groups attached to an aromatic ring is 1. The lowest BCUT2D eigenvalue weighted by Gasteiger charge is -2.05. The third-order valence-electron chi connectivity index (χ3n) is 2.27. The summed E-state index contributed by atoms with van der Waals surface area (Å²) in [4.78, 5) is 23.5. The van der Waals surface area contributed by atoms with Crippen molar-refractivity contribution in [2.45, 2.75) is 37.1 Å². The van der Waals surface area contributed by atoms with Gasteiger partial charge in [0.2, 0.25) is 11.1 Å². The van der Waals surface area contributed by atoms with Gasteiger partial charge in [0.1, 0.15) is 0 Å². The van der Waals surface area contributed by atoms with Gasteiger partial charge in [-0.05, 0) is 25.1 Å². The monoisotopic (exact) mass is 297 g/mol. The van der Waals surface area contributed by atoms with Crippen molar-refractivity contribution in [1.82, 2.24) is 29.7 Å². The fourth-order valence-electron chi connectivity index (χ4n) is 1.40. The fraction of sp³-hybridized carbons (Fsp3) is 0.500. The second-order valence-electron chi connectivity index (χ2n) is 3.76. The maximum atomic E-state index is 11.5. The van der Waals surface area contributed by atoms with Gasteiger partial charge in [0.25, 0.3) is 0 Å². The molecule has 0 aliphatic carbocycles. The molecule has 0 atom stereocenters. The van der Waals surface area contributed by atoms with Crippen LogP contribution in [0.25, 0.3) is 0 Å². The molecule has 2 rings (SSSR count). The second kappa shape index (κ2) is 6.37. The summed E-state index contributed by atoms with van der Waals surface area (Å²) in [6, 6.07) is 0.169. The van der Waals surface area contributed by atoms with Gasteiger partial charge in [-0.25, -0.2) is 9.89 Å². The summed E-state index contributed by atoms with van der Waals surface area (Å²) in [6.45, 7) is 4.81. The van der Waals surface area contributed by atoms with Crippen LogP contribution in [-0.4, -0.2) is 36.3 Å². The van der Waals surface area contributed by atoms with Crippen LogP contribution in [0.4, 0.5) is 5.95 Å². The average Bonchev–Trinajstić information content (AvgIpc) is 2.76. The number of hydrogen-bond acceptors (Lipinski definition) is 8. The van der Waals surface area contributed by atoms with Crippen LogP contribution in [0.2, 0.25) is 0 Å². The van der Waals surface area contributed by atoms with Gasteiger partial charge in [-0.15, -0.1) is 5.10 Å². The van der Waals surface area contributed by atoms with E-state index in [9.17, 15) is 4.79 Å². The van der Waals surface area contributed by atoms with Crippen LogP contribution in [0.1, 0.15) is 20.3 Å². The van der Waals surface area contributed by atoms with E-state index in [-0.39, 0.29) is 17.6 Å². The van der Waals surface area contributed by atoms with Crippen LogP contribution in [0.3, 0.4) is 0 Å². The predicted molar refractivity (Wildman–Crippen MR) is 72.7 cm³/mol. The number of H-pyrrole nitrogens is 1. The van der Waals surface area contributed by atoms with Gasteiger partial charge in [-0.3, -0.25) is 4.57 Å².